The summed E-state index contributed by atoms with van der Waals surface area (Å²) in [5.74, 6) is 0. The fourth-order valence-corrected chi connectivity index (χ4v) is 6.23. The van der Waals surface area contributed by atoms with Crippen molar-refractivity contribution in [3.63, 3.8) is 0 Å². The summed E-state index contributed by atoms with van der Waals surface area (Å²) in [4.78, 5) is 45.5. The van der Waals surface area contributed by atoms with Crippen LogP contribution in [-0.4, -0.2) is 104 Å². The molecule has 13 heteroatoms. The van der Waals surface area contributed by atoms with Crippen LogP contribution in [0.5, 0.6) is 0 Å². The van der Waals surface area contributed by atoms with E-state index in [0.717, 1.165) is 0 Å². The molecule has 0 aliphatic carbocycles. The van der Waals surface area contributed by atoms with Crippen LogP contribution < -0.4 is 21.3 Å². The molecule has 29 heavy (non-hydrogen) atoms. The molecule has 0 saturated heterocycles. The molecule has 168 valence electrons. The average Bonchev–Trinajstić information content (AvgIpc) is 2.72. The molecule has 0 unspecified atom stereocenters. The lowest BCUT2D eigenvalue weighted by molar-refractivity contribution is 0.171. The molecule has 0 atom stereocenters. The highest BCUT2D eigenvalue weighted by Gasteiger charge is 2.36. The summed E-state index contributed by atoms with van der Waals surface area (Å²) in [5, 5.41) is 10.6. The monoisotopic (exact) mass is 439 g/mol. The van der Waals surface area contributed by atoms with Gasteiger partial charge in [-0.1, -0.05) is 0 Å². The van der Waals surface area contributed by atoms with Crippen LogP contribution in [0.3, 0.4) is 0 Å². The van der Waals surface area contributed by atoms with Crippen LogP contribution in [0.2, 0.25) is 0 Å². The predicted octanol–water partition coefficient (Wildman–Crippen LogP) is 0.428. The number of carbonyl (C=O) groups is 4. The van der Waals surface area contributed by atoms with Crippen molar-refractivity contribution in [3.05, 3.63) is 0 Å². The second-order valence-corrected chi connectivity index (χ2v) is 10.4. The molecule has 0 bridgehead atoms. The molecule has 0 aliphatic heterocycles. The van der Waals surface area contributed by atoms with Gasteiger partial charge >= 0.3 is 24.4 Å². The fraction of sp³-hybridized carbons (Fsp3) is 0.750. The number of rotatable bonds is 12. The highest BCUT2D eigenvalue weighted by molar-refractivity contribution is 7.76. The van der Waals surface area contributed by atoms with Gasteiger partial charge in [0.05, 0.1) is 79.3 Å². The standard InChI is InChI=1S/C16H31N4O8P/c1-25-13(21)17-5-9-29(10-6-18-14(22)26-2,11-7-19-15(23)27-3)12-8-20-16(24)28-4/h5-12H2,1-4H3,(H3-,17,18,19,20,21,22,23,24)/p+1. The SMILES string of the molecule is COC(=O)NCC[P+](CCNC(=O)OC)(CCNC(=O)OC)CCNC(=O)OC. The average molecular weight is 439 g/mol. The largest absolute Gasteiger partial charge is 0.453 e. The van der Waals surface area contributed by atoms with Crippen molar-refractivity contribution in [2.24, 2.45) is 0 Å². The molecule has 0 heterocycles. The number of nitrogens with one attached hydrogen (secondary N) is 4. The highest BCUT2D eigenvalue weighted by Crippen LogP contribution is 2.57. The zero-order valence-corrected chi connectivity index (χ0v) is 18.3. The van der Waals surface area contributed by atoms with Crippen molar-refractivity contribution in [2.75, 3.05) is 79.3 Å². The van der Waals surface area contributed by atoms with Gasteiger partial charge < -0.3 is 40.2 Å². The Labute approximate surface area is 171 Å². The van der Waals surface area contributed by atoms with Crippen LogP contribution in [0.4, 0.5) is 19.2 Å². The Hall–Kier alpha value is -2.49. The van der Waals surface area contributed by atoms with Gasteiger partial charge in [0.1, 0.15) is 0 Å². The maximum atomic E-state index is 11.4. The Morgan fingerprint density at radius 3 is 0.897 bits per heavy atom. The Morgan fingerprint density at radius 2 is 0.724 bits per heavy atom. The lowest BCUT2D eigenvalue weighted by Crippen LogP contribution is -2.37. The van der Waals surface area contributed by atoms with Gasteiger partial charge in [0, 0.05) is 7.26 Å². The van der Waals surface area contributed by atoms with Crippen molar-refractivity contribution < 1.29 is 38.1 Å². The molecule has 0 saturated carbocycles. The van der Waals surface area contributed by atoms with E-state index in [1.807, 2.05) is 0 Å². The van der Waals surface area contributed by atoms with Crippen molar-refractivity contribution in [1.29, 1.82) is 0 Å². The van der Waals surface area contributed by atoms with Crippen LogP contribution in [0.25, 0.3) is 0 Å². The normalized spacial score (nSPS) is 10.3. The number of methoxy groups -OCH3 is 4. The molecule has 0 aliphatic rings. The van der Waals surface area contributed by atoms with Crippen LogP contribution in [0.15, 0.2) is 0 Å². The van der Waals surface area contributed by atoms with Gasteiger partial charge in [-0.15, -0.1) is 0 Å². The van der Waals surface area contributed by atoms with Crippen molar-refractivity contribution in [2.45, 2.75) is 0 Å². The van der Waals surface area contributed by atoms with Crippen molar-refractivity contribution >= 4 is 31.6 Å². The minimum atomic E-state index is -1.84. The zero-order valence-electron chi connectivity index (χ0n) is 17.4. The van der Waals surface area contributed by atoms with Gasteiger partial charge in [-0.05, 0) is 0 Å². The summed E-state index contributed by atoms with van der Waals surface area (Å²) in [5.41, 5.74) is 0. The Balaban J connectivity index is 5.14. The van der Waals surface area contributed by atoms with Crippen molar-refractivity contribution in [3.8, 4) is 0 Å². The van der Waals surface area contributed by atoms with E-state index >= 15 is 0 Å². The van der Waals surface area contributed by atoms with E-state index in [0.29, 0.717) is 50.8 Å². The molecule has 4 N–H and O–H groups in total. The number of hydrogen-bond donors (Lipinski definition) is 4. The zero-order chi connectivity index (χ0) is 22.1. The minimum Gasteiger partial charge on any atom is -0.453 e. The minimum absolute atomic E-state index is 0.356. The second kappa shape index (κ2) is 15.4. The first-order valence-corrected chi connectivity index (χ1v) is 11.5. The van der Waals surface area contributed by atoms with Crippen LogP contribution in [0, 0.1) is 0 Å². The molecule has 0 radical (unpaired) electrons. The van der Waals surface area contributed by atoms with Crippen molar-refractivity contribution in [1.82, 2.24) is 21.3 Å². The predicted molar refractivity (Wildman–Crippen MR) is 108 cm³/mol. The Kier molecular flexibility index (Phi) is 14.1. The molecule has 0 rings (SSSR count). The first-order valence-electron chi connectivity index (χ1n) is 8.95. The molecule has 4 amide bonds. The highest BCUT2D eigenvalue weighted by atomic mass is 31.2. The van der Waals surface area contributed by atoms with Gasteiger partial charge in [0.25, 0.3) is 0 Å². The molecular weight excluding hydrogens is 407 g/mol. The van der Waals surface area contributed by atoms with E-state index in [4.69, 9.17) is 0 Å². The van der Waals surface area contributed by atoms with Gasteiger partial charge in [-0.25, -0.2) is 19.2 Å². The smallest absolute Gasteiger partial charge is 0.406 e. The summed E-state index contributed by atoms with van der Waals surface area (Å²) in [6, 6.07) is 0. The number of amides is 4. The second-order valence-electron chi connectivity index (χ2n) is 5.91. The van der Waals surface area contributed by atoms with E-state index in [1.165, 1.54) is 28.4 Å². The van der Waals surface area contributed by atoms with E-state index in [2.05, 4.69) is 40.2 Å². The van der Waals surface area contributed by atoms with Gasteiger partial charge in [-0.3, -0.25) is 0 Å². The third kappa shape index (κ3) is 12.6. The summed E-state index contributed by atoms with van der Waals surface area (Å²) < 4.78 is 18.4. The number of alkyl carbamates (subject to hydrolysis) is 4. The quantitative estimate of drug-likeness (QED) is 0.252. The summed E-state index contributed by atoms with van der Waals surface area (Å²) >= 11 is 0. The summed E-state index contributed by atoms with van der Waals surface area (Å²) in [6.45, 7) is 1.43. The Morgan fingerprint density at radius 1 is 0.517 bits per heavy atom. The van der Waals surface area contributed by atoms with Gasteiger partial charge in [0.2, 0.25) is 0 Å². The molecule has 0 aromatic rings. The molecule has 0 fully saturated rings. The third-order valence-electron chi connectivity index (χ3n) is 4.16. The molecular formula is C16H32N4O8P+. The fourth-order valence-electron chi connectivity index (χ4n) is 2.54. The molecule has 0 aromatic carbocycles. The molecule has 0 spiro atoms. The summed E-state index contributed by atoms with van der Waals surface area (Å²) in [7, 11) is 3.26. The van der Waals surface area contributed by atoms with E-state index in [9.17, 15) is 19.2 Å². The maximum absolute atomic E-state index is 11.4. The first kappa shape index (κ1) is 26.5. The van der Waals surface area contributed by atoms with Crippen LogP contribution >= 0.6 is 7.26 Å². The topological polar surface area (TPSA) is 153 Å². The number of ether oxygens (including phenoxy) is 4. The third-order valence-corrected chi connectivity index (χ3v) is 8.85. The maximum Gasteiger partial charge on any atom is 0.406 e. The number of carbonyl (C=O) groups excluding carboxylic acids is 4. The van der Waals surface area contributed by atoms with Crippen LogP contribution in [0.1, 0.15) is 0 Å². The lowest BCUT2D eigenvalue weighted by Gasteiger charge is -2.28. The number of hydrogen-bond acceptors (Lipinski definition) is 8. The van der Waals surface area contributed by atoms with Gasteiger partial charge in [-0.2, -0.15) is 0 Å². The van der Waals surface area contributed by atoms with Gasteiger partial charge in [0.15, 0.2) is 0 Å². The van der Waals surface area contributed by atoms with E-state index < -0.39 is 31.6 Å². The first-order chi connectivity index (χ1) is 13.8. The molecule has 12 nitrogen and oxygen atoms in total. The molecule has 0 aromatic heterocycles. The van der Waals surface area contributed by atoms with E-state index in [-0.39, 0.29) is 0 Å². The Bertz CT molecular complexity index is 442. The van der Waals surface area contributed by atoms with Crippen LogP contribution in [-0.2, 0) is 18.9 Å². The lowest BCUT2D eigenvalue weighted by atomic mass is 10.7. The van der Waals surface area contributed by atoms with E-state index in [1.54, 1.807) is 0 Å². The summed E-state index contributed by atoms with van der Waals surface area (Å²) in [6.07, 6.45) is 0.306.